The number of rotatable bonds is 5. The van der Waals surface area contributed by atoms with E-state index in [1.807, 2.05) is 24.4 Å². The molecule has 1 atom stereocenters. The van der Waals surface area contributed by atoms with Gasteiger partial charge in [-0.2, -0.15) is 0 Å². The number of benzene rings is 1. The zero-order chi connectivity index (χ0) is 17.0. The summed E-state index contributed by atoms with van der Waals surface area (Å²) in [5.41, 5.74) is 8.35. The molecule has 0 aliphatic rings. The molecule has 0 aliphatic carbocycles. The van der Waals surface area contributed by atoms with E-state index >= 15 is 0 Å². The Hall–Kier alpha value is -1.29. The highest BCUT2D eigenvalue weighted by Gasteiger charge is 2.15. The molecule has 0 bridgehead atoms. The summed E-state index contributed by atoms with van der Waals surface area (Å²) in [7, 11) is 0. The van der Waals surface area contributed by atoms with E-state index in [-0.39, 0.29) is 11.5 Å². The summed E-state index contributed by atoms with van der Waals surface area (Å²) < 4.78 is 5.78. The van der Waals surface area contributed by atoms with Gasteiger partial charge in [0, 0.05) is 12.2 Å². The van der Waals surface area contributed by atoms with Gasteiger partial charge in [0.2, 0.25) is 0 Å². The van der Waals surface area contributed by atoms with Crippen LogP contribution in [0.15, 0.2) is 36.7 Å². The molecule has 2 N–H and O–H groups in total. The summed E-state index contributed by atoms with van der Waals surface area (Å²) >= 11 is 11.9. The summed E-state index contributed by atoms with van der Waals surface area (Å²) in [4.78, 5) is 4.24. The van der Waals surface area contributed by atoms with E-state index in [0.29, 0.717) is 23.1 Å². The lowest BCUT2D eigenvalue weighted by Crippen LogP contribution is -2.30. The first kappa shape index (κ1) is 18.1. The largest absolute Gasteiger partial charge is 0.490 e. The van der Waals surface area contributed by atoms with E-state index in [4.69, 9.17) is 33.7 Å². The topological polar surface area (TPSA) is 48.1 Å². The first-order valence-electron chi connectivity index (χ1n) is 7.53. The molecule has 124 valence electrons. The van der Waals surface area contributed by atoms with E-state index in [1.165, 1.54) is 0 Å². The van der Waals surface area contributed by atoms with Crippen LogP contribution in [0, 0.1) is 0 Å². The lowest BCUT2D eigenvalue weighted by molar-refractivity contribution is 0.286. The molecule has 0 spiro atoms. The Morgan fingerprint density at radius 2 is 1.87 bits per heavy atom. The van der Waals surface area contributed by atoms with Gasteiger partial charge in [-0.15, -0.1) is 0 Å². The zero-order valence-corrected chi connectivity index (χ0v) is 15.2. The molecule has 3 nitrogen and oxygen atoms in total. The van der Waals surface area contributed by atoms with Gasteiger partial charge in [-0.3, -0.25) is 4.98 Å². The van der Waals surface area contributed by atoms with Crippen molar-refractivity contribution in [3.05, 3.63) is 57.8 Å². The number of pyridine rings is 1. The number of ether oxygens (including phenoxy) is 1. The standard InChI is InChI=1S/C18H22Cl2N2O/c1-18(2,3)13-8-15(10-22-9-13)23-11-14(21)6-12-4-5-16(19)17(20)7-12/h4-5,7-10,14H,6,11,21H2,1-3H3/t14-/m0/s1. The second kappa shape index (κ2) is 7.52. The molecule has 1 aromatic heterocycles. The van der Waals surface area contributed by atoms with E-state index in [9.17, 15) is 0 Å². The number of hydrogen-bond acceptors (Lipinski definition) is 3. The van der Waals surface area contributed by atoms with Crippen molar-refractivity contribution < 1.29 is 4.74 Å². The molecule has 23 heavy (non-hydrogen) atoms. The van der Waals surface area contributed by atoms with Gasteiger partial charge in [-0.25, -0.2) is 0 Å². The maximum Gasteiger partial charge on any atom is 0.137 e. The van der Waals surface area contributed by atoms with Crippen LogP contribution in [0.3, 0.4) is 0 Å². The second-order valence-electron chi connectivity index (χ2n) is 6.68. The molecule has 2 rings (SSSR count). The van der Waals surface area contributed by atoms with Gasteiger partial charge in [0.25, 0.3) is 0 Å². The fourth-order valence-electron chi connectivity index (χ4n) is 2.14. The van der Waals surface area contributed by atoms with Crippen LogP contribution in [-0.2, 0) is 11.8 Å². The van der Waals surface area contributed by atoms with E-state index in [0.717, 1.165) is 16.9 Å². The van der Waals surface area contributed by atoms with Crippen molar-refractivity contribution in [2.45, 2.75) is 38.6 Å². The van der Waals surface area contributed by atoms with E-state index in [2.05, 4.69) is 25.8 Å². The minimum atomic E-state index is -0.134. The maximum absolute atomic E-state index is 6.14. The van der Waals surface area contributed by atoms with Gasteiger partial charge in [0.15, 0.2) is 0 Å². The van der Waals surface area contributed by atoms with Crippen LogP contribution in [0.5, 0.6) is 5.75 Å². The van der Waals surface area contributed by atoms with Gasteiger partial charge < -0.3 is 10.5 Å². The molecular weight excluding hydrogens is 331 g/mol. The molecule has 1 heterocycles. The van der Waals surface area contributed by atoms with Crippen molar-refractivity contribution in [3.63, 3.8) is 0 Å². The number of halogens is 2. The Balaban J connectivity index is 1.94. The van der Waals surface area contributed by atoms with Crippen molar-refractivity contribution >= 4 is 23.2 Å². The normalized spacial score (nSPS) is 13.0. The Morgan fingerprint density at radius 3 is 2.52 bits per heavy atom. The van der Waals surface area contributed by atoms with E-state index < -0.39 is 0 Å². The molecule has 0 unspecified atom stereocenters. The highest BCUT2D eigenvalue weighted by Crippen LogP contribution is 2.25. The number of nitrogens with zero attached hydrogens (tertiary/aromatic N) is 1. The minimum absolute atomic E-state index is 0.0363. The lowest BCUT2D eigenvalue weighted by atomic mass is 9.88. The van der Waals surface area contributed by atoms with Crippen LogP contribution in [0.1, 0.15) is 31.9 Å². The molecule has 5 heteroatoms. The van der Waals surface area contributed by atoms with Crippen molar-refractivity contribution in [2.75, 3.05) is 6.61 Å². The van der Waals surface area contributed by atoms with Gasteiger partial charge in [-0.05, 0) is 41.2 Å². The van der Waals surface area contributed by atoms with E-state index in [1.54, 1.807) is 12.3 Å². The average molecular weight is 353 g/mol. The fraction of sp³-hybridized carbons (Fsp3) is 0.389. The van der Waals surface area contributed by atoms with Crippen LogP contribution in [0.2, 0.25) is 10.0 Å². The molecule has 0 radical (unpaired) electrons. The van der Waals surface area contributed by atoms with Gasteiger partial charge in [0.05, 0.1) is 16.2 Å². The summed E-state index contributed by atoms with van der Waals surface area (Å²) in [5.74, 6) is 0.738. The molecule has 0 fully saturated rings. The quantitative estimate of drug-likeness (QED) is 0.852. The Morgan fingerprint density at radius 1 is 1.13 bits per heavy atom. The Labute approximate surface area is 147 Å². The lowest BCUT2D eigenvalue weighted by Gasteiger charge is -2.19. The number of hydrogen-bond donors (Lipinski definition) is 1. The molecule has 0 amide bonds. The summed E-state index contributed by atoms with van der Waals surface area (Å²) in [6, 6.07) is 7.43. The SMILES string of the molecule is CC(C)(C)c1cncc(OC[C@@H](N)Cc2ccc(Cl)c(Cl)c2)c1. The van der Waals surface area contributed by atoms with Crippen LogP contribution >= 0.6 is 23.2 Å². The summed E-state index contributed by atoms with van der Waals surface area (Å²) in [6.07, 6.45) is 4.24. The molecule has 2 aromatic rings. The highest BCUT2D eigenvalue weighted by atomic mass is 35.5. The monoisotopic (exact) mass is 352 g/mol. The van der Waals surface area contributed by atoms with Crippen LogP contribution in [0.4, 0.5) is 0 Å². The maximum atomic E-state index is 6.14. The van der Waals surface area contributed by atoms with Gasteiger partial charge in [0.1, 0.15) is 12.4 Å². The van der Waals surface area contributed by atoms with Crippen LogP contribution < -0.4 is 10.5 Å². The number of aromatic nitrogens is 1. The molecule has 0 aliphatic heterocycles. The van der Waals surface area contributed by atoms with Gasteiger partial charge >= 0.3 is 0 Å². The molecular formula is C18H22Cl2N2O. The predicted molar refractivity (Wildman–Crippen MR) is 96.6 cm³/mol. The van der Waals surface area contributed by atoms with Crippen molar-refractivity contribution in [3.8, 4) is 5.75 Å². The third-order valence-corrected chi connectivity index (χ3v) is 4.26. The van der Waals surface area contributed by atoms with Crippen molar-refractivity contribution in [2.24, 2.45) is 5.73 Å². The van der Waals surface area contributed by atoms with Crippen molar-refractivity contribution in [1.82, 2.24) is 4.98 Å². The Bertz CT molecular complexity index is 668. The van der Waals surface area contributed by atoms with Crippen LogP contribution in [0.25, 0.3) is 0 Å². The highest BCUT2D eigenvalue weighted by molar-refractivity contribution is 6.42. The zero-order valence-electron chi connectivity index (χ0n) is 13.6. The third kappa shape index (κ3) is 5.38. The molecule has 1 aromatic carbocycles. The van der Waals surface area contributed by atoms with Gasteiger partial charge in [-0.1, -0.05) is 50.0 Å². The Kier molecular flexibility index (Phi) is 5.90. The fourth-order valence-corrected chi connectivity index (χ4v) is 2.46. The van der Waals surface area contributed by atoms with Crippen molar-refractivity contribution in [1.29, 1.82) is 0 Å². The average Bonchev–Trinajstić information content (AvgIpc) is 2.48. The number of nitrogens with two attached hydrogens (primary N) is 1. The summed E-state index contributed by atoms with van der Waals surface area (Å²) in [5, 5.41) is 1.09. The minimum Gasteiger partial charge on any atom is -0.490 e. The third-order valence-electron chi connectivity index (χ3n) is 3.53. The predicted octanol–water partition coefficient (Wildman–Crippen LogP) is 4.63. The molecule has 0 saturated heterocycles. The second-order valence-corrected chi connectivity index (χ2v) is 7.50. The smallest absolute Gasteiger partial charge is 0.137 e. The first-order chi connectivity index (χ1) is 10.8. The first-order valence-corrected chi connectivity index (χ1v) is 8.29. The summed E-state index contributed by atoms with van der Waals surface area (Å²) in [6.45, 7) is 6.84. The van der Waals surface area contributed by atoms with Crippen LogP contribution in [-0.4, -0.2) is 17.6 Å². The molecule has 0 saturated carbocycles.